The van der Waals surface area contributed by atoms with Crippen LogP contribution in [0.4, 0.5) is 0 Å². The van der Waals surface area contributed by atoms with Crippen molar-refractivity contribution >= 4 is 22.8 Å². The minimum absolute atomic E-state index is 0. The summed E-state index contributed by atoms with van der Waals surface area (Å²) < 4.78 is 0. The molecule has 0 aliphatic rings. The zero-order chi connectivity index (χ0) is 14.3. The largest absolute Gasteiger partial charge is 1.00 e. The summed E-state index contributed by atoms with van der Waals surface area (Å²) in [5, 5.41) is 10.4. The van der Waals surface area contributed by atoms with Gasteiger partial charge in [0, 0.05) is 18.1 Å². The second-order valence-corrected chi connectivity index (χ2v) is 6.07. The van der Waals surface area contributed by atoms with Gasteiger partial charge >= 0.3 is 29.6 Å². The van der Waals surface area contributed by atoms with Crippen LogP contribution in [0.5, 0.6) is 0 Å². The molecule has 0 heterocycles. The molecule has 0 aliphatic carbocycles. The summed E-state index contributed by atoms with van der Waals surface area (Å²) in [6.45, 7) is 2.21. The maximum Gasteiger partial charge on any atom is 1.00 e. The quantitative estimate of drug-likeness (QED) is 0.363. The molecule has 0 bridgehead atoms. The van der Waals surface area contributed by atoms with Crippen LogP contribution in [0.1, 0.15) is 77.6 Å². The Morgan fingerprint density at radius 1 is 0.850 bits per heavy atom. The predicted molar refractivity (Wildman–Crippen MR) is 78.9 cm³/mol. The molecule has 112 valence electrons. The van der Waals surface area contributed by atoms with Crippen LogP contribution in [0.15, 0.2) is 0 Å². The fourth-order valence-corrected chi connectivity index (χ4v) is 2.72. The van der Waals surface area contributed by atoms with Gasteiger partial charge < -0.3 is 9.90 Å². The van der Waals surface area contributed by atoms with Crippen molar-refractivity contribution in [3.8, 4) is 0 Å². The van der Waals surface area contributed by atoms with E-state index in [0.717, 1.165) is 25.0 Å². The van der Waals surface area contributed by atoms with Gasteiger partial charge in [-0.3, -0.25) is 4.79 Å². The third kappa shape index (κ3) is 18.5. The zero-order valence-corrected chi connectivity index (χ0v) is 15.9. The molecule has 0 fully saturated rings. The van der Waals surface area contributed by atoms with Gasteiger partial charge in [0.15, 0.2) is 5.12 Å². The fraction of sp³-hybridized carbons (Fsp3) is 0.867. The molecule has 0 aromatic rings. The summed E-state index contributed by atoms with van der Waals surface area (Å²) in [7, 11) is 0. The van der Waals surface area contributed by atoms with Gasteiger partial charge in [-0.15, -0.1) is 0 Å². The first-order valence-electron chi connectivity index (χ1n) is 7.52. The Morgan fingerprint density at radius 3 is 2.00 bits per heavy atom. The number of carboxylic acids is 1. The number of hydrogen-bond acceptors (Lipinski definition) is 4. The first kappa shape index (κ1) is 22.8. The number of hydrogen-bond donors (Lipinski definition) is 0. The smallest absolute Gasteiger partial charge is 0.550 e. The van der Waals surface area contributed by atoms with E-state index in [0.29, 0.717) is 12.8 Å². The normalized spacial score (nSPS) is 10.1. The molecule has 0 saturated carbocycles. The third-order valence-corrected chi connectivity index (χ3v) is 4.04. The SMILES string of the molecule is CCCCCCCCCC(=O)SCCCCC(=O)[O-].[Na+]. The van der Waals surface area contributed by atoms with Crippen LogP contribution >= 0.6 is 11.8 Å². The minimum Gasteiger partial charge on any atom is -0.550 e. The molecular formula is C15H27NaO3S. The first-order chi connectivity index (χ1) is 9.16. The van der Waals surface area contributed by atoms with Crippen LogP contribution in [0.3, 0.4) is 0 Å². The number of carboxylic acid groups (broad SMARTS) is 1. The molecule has 0 amide bonds. The molecule has 0 saturated heterocycles. The molecule has 3 nitrogen and oxygen atoms in total. The van der Waals surface area contributed by atoms with Crippen LogP contribution in [0.2, 0.25) is 0 Å². The molecule has 0 aliphatic heterocycles. The molecule has 0 unspecified atom stereocenters. The zero-order valence-electron chi connectivity index (χ0n) is 13.1. The Balaban J connectivity index is 0. The van der Waals surface area contributed by atoms with Crippen molar-refractivity contribution in [1.82, 2.24) is 0 Å². The maximum atomic E-state index is 11.5. The molecular weight excluding hydrogens is 283 g/mol. The monoisotopic (exact) mass is 310 g/mol. The van der Waals surface area contributed by atoms with Crippen LogP contribution in [-0.4, -0.2) is 16.8 Å². The van der Waals surface area contributed by atoms with Crippen LogP contribution in [-0.2, 0) is 9.59 Å². The van der Waals surface area contributed by atoms with E-state index in [-0.39, 0.29) is 41.1 Å². The van der Waals surface area contributed by atoms with Crippen molar-refractivity contribution in [2.45, 2.75) is 77.6 Å². The van der Waals surface area contributed by atoms with E-state index in [2.05, 4.69) is 6.92 Å². The molecule has 0 radical (unpaired) electrons. The van der Waals surface area contributed by atoms with E-state index >= 15 is 0 Å². The number of aliphatic carboxylic acids is 1. The number of carbonyl (C=O) groups is 2. The van der Waals surface area contributed by atoms with Gasteiger partial charge in [-0.2, -0.15) is 0 Å². The summed E-state index contributed by atoms with van der Waals surface area (Å²) in [6.07, 6.45) is 10.7. The number of carbonyl (C=O) groups excluding carboxylic acids is 2. The average molecular weight is 310 g/mol. The molecule has 0 rings (SSSR count). The van der Waals surface area contributed by atoms with E-state index in [1.165, 1.54) is 43.9 Å². The third-order valence-electron chi connectivity index (χ3n) is 3.02. The van der Waals surface area contributed by atoms with Crippen molar-refractivity contribution in [2.75, 3.05) is 5.75 Å². The molecule has 0 aromatic heterocycles. The van der Waals surface area contributed by atoms with Crippen molar-refractivity contribution in [3.05, 3.63) is 0 Å². The Hall–Kier alpha value is 0.490. The summed E-state index contributed by atoms with van der Waals surface area (Å²) in [6, 6.07) is 0. The van der Waals surface area contributed by atoms with E-state index in [4.69, 9.17) is 0 Å². The topological polar surface area (TPSA) is 57.2 Å². The van der Waals surface area contributed by atoms with Gasteiger partial charge in [0.1, 0.15) is 0 Å². The first-order valence-corrected chi connectivity index (χ1v) is 8.50. The van der Waals surface area contributed by atoms with Crippen LogP contribution in [0, 0.1) is 0 Å². The predicted octanol–water partition coefficient (Wildman–Crippen LogP) is 0.311. The van der Waals surface area contributed by atoms with E-state index in [9.17, 15) is 14.7 Å². The summed E-state index contributed by atoms with van der Waals surface area (Å²) in [5.41, 5.74) is 0. The van der Waals surface area contributed by atoms with Gasteiger partial charge in [-0.25, -0.2) is 0 Å². The summed E-state index contributed by atoms with van der Waals surface area (Å²) in [5.74, 6) is -0.262. The van der Waals surface area contributed by atoms with Gasteiger partial charge in [0.2, 0.25) is 0 Å². The molecule has 0 atom stereocenters. The van der Waals surface area contributed by atoms with Crippen molar-refractivity contribution in [2.24, 2.45) is 0 Å². The van der Waals surface area contributed by atoms with Crippen LogP contribution in [0.25, 0.3) is 0 Å². The standard InChI is InChI=1S/C15H28O3S.Na/c1-2-3-4-5-6-7-8-12-15(18)19-13-10-9-11-14(16)17;/h2-13H2,1H3,(H,16,17);/q;+1/p-1. The van der Waals surface area contributed by atoms with E-state index in [1.54, 1.807) is 0 Å². The average Bonchev–Trinajstić information content (AvgIpc) is 2.37. The second kappa shape index (κ2) is 17.5. The van der Waals surface area contributed by atoms with Crippen molar-refractivity contribution < 1.29 is 44.3 Å². The molecule has 5 heteroatoms. The van der Waals surface area contributed by atoms with Crippen LogP contribution < -0.4 is 34.7 Å². The Morgan fingerprint density at radius 2 is 1.40 bits per heavy atom. The van der Waals surface area contributed by atoms with Gasteiger partial charge in [0.05, 0.1) is 0 Å². The minimum atomic E-state index is -1.00. The maximum absolute atomic E-state index is 11.5. The Bertz CT molecular complexity index is 247. The van der Waals surface area contributed by atoms with Gasteiger partial charge in [-0.05, 0) is 25.7 Å². The Kier molecular flexibility index (Phi) is 20.0. The number of thioether (sulfide) groups is 1. The fourth-order valence-electron chi connectivity index (χ4n) is 1.86. The molecule has 20 heavy (non-hydrogen) atoms. The van der Waals surface area contributed by atoms with E-state index in [1.807, 2.05) is 0 Å². The Labute approximate surface area is 150 Å². The number of unbranched alkanes of at least 4 members (excludes halogenated alkanes) is 7. The molecule has 0 aromatic carbocycles. The van der Waals surface area contributed by atoms with E-state index < -0.39 is 5.97 Å². The molecule has 0 N–H and O–H groups in total. The van der Waals surface area contributed by atoms with Crippen molar-refractivity contribution in [1.29, 1.82) is 0 Å². The number of rotatable bonds is 13. The van der Waals surface area contributed by atoms with Crippen molar-refractivity contribution in [3.63, 3.8) is 0 Å². The van der Waals surface area contributed by atoms with Gasteiger partial charge in [0.25, 0.3) is 0 Å². The second-order valence-electron chi connectivity index (χ2n) is 4.92. The summed E-state index contributed by atoms with van der Waals surface area (Å²) in [4.78, 5) is 21.7. The summed E-state index contributed by atoms with van der Waals surface area (Å²) >= 11 is 1.35. The van der Waals surface area contributed by atoms with Gasteiger partial charge in [-0.1, -0.05) is 57.2 Å². The molecule has 0 spiro atoms.